The molecular weight excluding hydrogens is 194 g/mol. The van der Waals surface area contributed by atoms with Gasteiger partial charge in [-0.3, -0.25) is 4.79 Å². The summed E-state index contributed by atoms with van der Waals surface area (Å²) in [7, 11) is 0. The Kier molecular flexibility index (Phi) is 5.33. The van der Waals surface area contributed by atoms with Gasteiger partial charge in [-0.25, -0.2) is 4.79 Å². The Hall–Kier alpha value is -1.06. The SMILES string of the molecule is CCN(CC)C(=O)OC(C)(CC)C(C)=O. The highest BCUT2D eigenvalue weighted by Gasteiger charge is 2.33. The molecule has 0 rings (SSSR count). The first kappa shape index (κ1) is 13.9. The van der Waals surface area contributed by atoms with E-state index in [1.54, 1.807) is 11.8 Å². The van der Waals surface area contributed by atoms with Crippen molar-refractivity contribution in [1.29, 1.82) is 0 Å². The maximum Gasteiger partial charge on any atom is 0.410 e. The molecule has 0 aromatic rings. The third-order valence-corrected chi connectivity index (χ3v) is 2.75. The van der Waals surface area contributed by atoms with Crippen molar-refractivity contribution in [3.05, 3.63) is 0 Å². The fraction of sp³-hybridized carbons (Fsp3) is 0.818. The summed E-state index contributed by atoms with van der Waals surface area (Å²) in [4.78, 5) is 24.5. The van der Waals surface area contributed by atoms with E-state index in [1.165, 1.54) is 6.92 Å². The van der Waals surface area contributed by atoms with Crippen LogP contribution in [0.15, 0.2) is 0 Å². The van der Waals surface area contributed by atoms with Crippen LogP contribution in [0.5, 0.6) is 0 Å². The molecule has 4 nitrogen and oxygen atoms in total. The van der Waals surface area contributed by atoms with Crippen LogP contribution in [0.1, 0.15) is 41.0 Å². The second kappa shape index (κ2) is 5.73. The fourth-order valence-electron chi connectivity index (χ4n) is 1.13. The van der Waals surface area contributed by atoms with E-state index >= 15 is 0 Å². The third kappa shape index (κ3) is 3.53. The first-order valence-electron chi connectivity index (χ1n) is 5.40. The summed E-state index contributed by atoms with van der Waals surface area (Å²) in [5.74, 6) is -0.120. The highest BCUT2D eigenvalue weighted by atomic mass is 16.6. The fourth-order valence-corrected chi connectivity index (χ4v) is 1.13. The van der Waals surface area contributed by atoms with Gasteiger partial charge in [0, 0.05) is 13.1 Å². The summed E-state index contributed by atoms with van der Waals surface area (Å²) < 4.78 is 5.23. The lowest BCUT2D eigenvalue weighted by Crippen LogP contribution is -2.43. The van der Waals surface area contributed by atoms with Gasteiger partial charge < -0.3 is 9.64 Å². The van der Waals surface area contributed by atoms with Gasteiger partial charge in [-0.05, 0) is 34.1 Å². The van der Waals surface area contributed by atoms with Crippen LogP contribution in [0.25, 0.3) is 0 Å². The smallest absolute Gasteiger partial charge is 0.410 e. The number of ether oxygens (including phenoxy) is 1. The highest BCUT2D eigenvalue weighted by Crippen LogP contribution is 2.17. The summed E-state index contributed by atoms with van der Waals surface area (Å²) in [6.45, 7) is 9.86. The molecule has 0 aromatic heterocycles. The molecule has 1 amide bonds. The molecule has 0 aliphatic heterocycles. The van der Waals surface area contributed by atoms with Gasteiger partial charge in [-0.1, -0.05) is 6.92 Å². The quantitative estimate of drug-likeness (QED) is 0.706. The topological polar surface area (TPSA) is 46.6 Å². The number of amides is 1. The molecule has 88 valence electrons. The first-order valence-corrected chi connectivity index (χ1v) is 5.40. The number of hydrogen-bond acceptors (Lipinski definition) is 3. The van der Waals surface area contributed by atoms with Gasteiger partial charge in [0.25, 0.3) is 0 Å². The lowest BCUT2D eigenvalue weighted by atomic mass is 9.99. The van der Waals surface area contributed by atoms with Crippen molar-refractivity contribution in [1.82, 2.24) is 4.90 Å². The number of rotatable bonds is 5. The largest absolute Gasteiger partial charge is 0.435 e. The maximum atomic E-state index is 11.6. The van der Waals surface area contributed by atoms with Gasteiger partial charge in [0.1, 0.15) is 0 Å². The van der Waals surface area contributed by atoms with Crippen molar-refractivity contribution in [2.24, 2.45) is 0 Å². The van der Waals surface area contributed by atoms with Crippen LogP contribution < -0.4 is 0 Å². The molecule has 0 saturated carbocycles. The number of Topliss-reactive ketones (excluding diaryl/α,β-unsaturated/α-hetero) is 1. The van der Waals surface area contributed by atoms with E-state index in [0.717, 1.165) is 0 Å². The Morgan fingerprint density at radius 1 is 1.20 bits per heavy atom. The molecular formula is C11H21NO3. The number of ketones is 1. The molecule has 15 heavy (non-hydrogen) atoms. The minimum atomic E-state index is -0.986. The summed E-state index contributed by atoms with van der Waals surface area (Å²) in [5.41, 5.74) is -0.986. The molecule has 0 aliphatic rings. The molecule has 0 aliphatic carbocycles. The molecule has 1 unspecified atom stereocenters. The van der Waals surface area contributed by atoms with Crippen LogP contribution in [0.3, 0.4) is 0 Å². The minimum absolute atomic E-state index is 0.120. The zero-order valence-corrected chi connectivity index (χ0v) is 10.3. The van der Waals surface area contributed by atoms with Gasteiger partial charge in [-0.15, -0.1) is 0 Å². The second-order valence-corrected chi connectivity index (χ2v) is 3.68. The third-order valence-electron chi connectivity index (χ3n) is 2.75. The van der Waals surface area contributed by atoms with Gasteiger partial charge in [0.2, 0.25) is 0 Å². The van der Waals surface area contributed by atoms with Crippen molar-refractivity contribution in [3.63, 3.8) is 0 Å². The highest BCUT2D eigenvalue weighted by molar-refractivity contribution is 5.86. The summed E-state index contributed by atoms with van der Waals surface area (Å²) >= 11 is 0. The summed E-state index contributed by atoms with van der Waals surface area (Å²) in [6, 6.07) is 0. The Labute approximate surface area is 91.6 Å². The molecule has 0 heterocycles. The number of nitrogens with zero attached hydrogens (tertiary/aromatic N) is 1. The molecule has 0 N–H and O–H groups in total. The van der Waals surface area contributed by atoms with E-state index in [0.29, 0.717) is 19.5 Å². The number of carbonyl (C=O) groups is 2. The van der Waals surface area contributed by atoms with E-state index in [1.807, 2.05) is 20.8 Å². The van der Waals surface area contributed by atoms with Gasteiger partial charge >= 0.3 is 6.09 Å². The second-order valence-electron chi connectivity index (χ2n) is 3.68. The van der Waals surface area contributed by atoms with Crippen LogP contribution in [-0.2, 0) is 9.53 Å². The molecule has 0 bridgehead atoms. The van der Waals surface area contributed by atoms with Crippen LogP contribution in [0.4, 0.5) is 4.79 Å². The van der Waals surface area contributed by atoms with Crippen LogP contribution in [0, 0.1) is 0 Å². The van der Waals surface area contributed by atoms with E-state index in [2.05, 4.69) is 0 Å². The Morgan fingerprint density at radius 3 is 1.93 bits per heavy atom. The van der Waals surface area contributed by atoms with Crippen LogP contribution in [-0.4, -0.2) is 35.5 Å². The molecule has 0 saturated heterocycles. The minimum Gasteiger partial charge on any atom is -0.435 e. The lowest BCUT2D eigenvalue weighted by molar-refractivity contribution is -0.135. The zero-order valence-electron chi connectivity index (χ0n) is 10.3. The summed E-state index contributed by atoms with van der Waals surface area (Å²) in [6.07, 6.45) is 0.0783. The maximum absolute atomic E-state index is 11.6. The van der Waals surface area contributed by atoms with Gasteiger partial charge in [-0.2, -0.15) is 0 Å². The molecule has 4 heteroatoms. The van der Waals surface area contributed by atoms with Crippen LogP contribution >= 0.6 is 0 Å². The molecule has 1 atom stereocenters. The average molecular weight is 215 g/mol. The number of carbonyl (C=O) groups excluding carboxylic acids is 2. The number of hydrogen-bond donors (Lipinski definition) is 0. The molecule has 0 fully saturated rings. The molecule has 0 spiro atoms. The van der Waals surface area contributed by atoms with Gasteiger partial charge in [0.05, 0.1) is 0 Å². The standard InChI is InChI=1S/C11H21NO3/c1-6-11(5,9(4)13)15-10(14)12(7-2)8-3/h6-8H2,1-5H3. The van der Waals surface area contributed by atoms with E-state index in [9.17, 15) is 9.59 Å². The monoisotopic (exact) mass is 215 g/mol. The van der Waals surface area contributed by atoms with Crippen molar-refractivity contribution in [3.8, 4) is 0 Å². The Balaban J connectivity index is 4.56. The van der Waals surface area contributed by atoms with E-state index in [-0.39, 0.29) is 5.78 Å². The first-order chi connectivity index (χ1) is 6.91. The summed E-state index contributed by atoms with van der Waals surface area (Å²) in [5, 5.41) is 0. The normalized spacial score (nSPS) is 14.2. The van der Waals surface area contributed by atoms with Crippen molar-refractivity contribution in [2.45, 2.75) is 46.6 Å². The predicted octanol–water partition coefficient (Wildman–Crippen LogP) is 2.22. The van der Waals surface area contributed by atoms with Crippen molar-refractivity contribution in [2.75, 3.05) is 13.1 Å². The average Bonchev–Trinajstić information content (AvgIpc) is 2.19. The van der Waals surface area contributed by atoms with Gasteiger partial charge in [0.15, 0.2) is 11.4 Å². The van der Waals surface area contributed by atoms with Crippen molar-refractivity contribution >= 4 is 11.9 Å². The zero-order chi connectivity index (χ0) is 12.1. The molecule has 0 radical (unpaired) electrons. The van der Waals surface area contributed by atoms with Crippen molar-refractivity contribution < 1.29 is 14.3 Å². The van der Waals surface area contributed by atoms with Crippen LogP contribution in [0.2, 0.25) is 0 Å². The lowest BCUT2D eigenvalue weighted by Gasteiger charge is -2.28. The molecule has 0 aromatic carbocycles. The van der Waals surface area contributed by atoms with E-state index in [4.69, 9.17) is 4.74 Å². The Morgan fingerprint density at radius 2 is 1.67 bits per heavy atom. The predicted molar refractivity (Wildman–Crippen MR) is 58.8 cm³/mol. The Bertz CT molecular complexity index is 236. The van der Waals surface area contributed by atoms with E-state index < -0.39 is 11.7 Å².